The summed E-state index contributed by atoms with van der Waals surface area (Å²) in [5.41, 5.74) is 0. The summed E-state index contributed by atoms with van der Waals surface area (Å²) in [4.78, 5) is 10.6. The molecule has 76 valence electrons. The Bertz CT molecular complexity index is 294. The molecule has 0 bridgehead atoms. The van der Waals surface area contributed by atoms with Crippen LogP contribution >= 0.6 is 0 Å². The third kappa shape index (κ3) is 2.41. The third-order valence-electron chi connectivity index (χ3n) is 2.33. The maximum atomic E-state index is 11.1. The fourth-order valence-corrected chi connectivity index (χ4v) is 3.34. The second kappa shape index (κ2) is 3.63. The van der Waals surface area contributed by atoms with E-state index in [1.54, 1.807) is 0 Å². The van der Waals surface area contributed by atoms with Gasteiger partial charge in [0.1, 0.15) is 0 Å². The first-order chi connectivity index (χ1) is 5.96. The molecule has 0 spiro atoms. The Morgan fingerprint density at radius 2 is 2.08 bits per heavy atom. The first kappa shape index (κ1) is 10.5. The minimum Gasteiger partial charge on any atom is -0.481 e. The number of hydrogen-bond donors (Lipinski definition) is 2. The van der Waals surface area contributed by atoms with Crippen molar-refractivity contribution in [1.29, 1.82) is 0 Å². The molecule has 13 heavy (non-hydrogen) atoms. The minimum absolute atomic E-state index is 0.0829. The average Bonchev–Trinajstić information content (AvgIpc) is 2.01. The third-order valence-corrected chi connectivity index (χ3v) is 4.12. The normalized spacial score (nSPS) is 32.7. The standard InChI is InChI=1S/C7H12O5S/c8-3-5-4-13(11,12)2-1-6(5)7(9)10/h5-6,8H,1-4H2,(H,9,10)/t5-,6-/m1/s1. The number of aliphatic carboxylic acids is 1. The molecular formula is C7H12O5S. The van der Waals surface area contributed by atoms with E-state index < -0.39 is 27.6 Å². The molecule has 1 aliphatic rings. The second-order valence-corrected chi connectivity index (χ2v) is 5.52. The number of carbonyl (C=O) groups is 1. The number of carboxylic acid groups (broad SMARTS) is 1. The molecule has 0 radical (unpaired) electrons. The quantitative estimate of drug-likeness (QED) is 0.614. The SMILES string of the molecule is O=C(O)[C@@H]1CCS(=O)(=O)C[C@H]1CO. The summed E-state index contributed by atoms with van der Waals surface area (Å²) in [7, 11) is -3.13. The monoisotopic (exact) mass is 208 g/mol. The van der Waals surface area contributed by atoms with Crippen molar-refractivity contribution in [1.82, 2.24) is 0 Å². The van der Waals surface area contributed by atoms with Crippen LogP contribution in [-0.4, -0.2) is 42.7 Å². The van der Waals surface area contributed by atoms with Gasteiger partial charge in [0.2, 0.25) is 0 Å². The van der Waals surface area contributed by atoms with Crippen LogP contribution in [0.3, 0.4) is 0 Å². The first-order valence-electron chi connectivity index (χ1n) is 4.00. The number of aliphatic hydroxyl groups excluding tert-OH is 1. The van der Waals surface area contributed by atoms with Gasteiger partial charge in [-0.2, -0.15) is 0 Å². The van der Waals surface area contributed by atoms with E-state index in [2.05, 4.69) is 0 Å². The zero-order chi connectivity index (χ0) is 10.1. The van der Waals surface area contributed by atoms with Crippen molar-refractivity contribution in [2.45, 2.75) is 6.42 Å². The van der Waals surface area contributed by atoms with Crippen LogP contribution < -0.4 is 0 Å². The van der Waals surface area contributed by atoms with E-state index in [4.69, 9.17) is 10.2 Å². The van der Waals surface area contributed by atoms with Crippen molar-refractivity contribution in [3.63, 3.8) is 0 Å². The highest BCUT2D eigenvalue weighted by molar-refractivity contribution is 7.91. The molecule has 2 atom stereocenters. The van der Waals surface area contributed by atoms with E-state index in [0.29, 0.717) is 0 Å². The molecule has 1 rings (SSSR count). The van der Waals surface area contributed by atoms with Crippen molar-refractivity contribution in [2.75, 3.05) is 18.1 Å². The molecule has 2 N–H and O–H groups in total. The van der Waals surface area contributed by atoms with Crippen LogP contribution in [0.15, 0.2) is 0 Å². The number of sulfone groups is 1. The van der Waals surface area contributed by atoms with Crippen molar-refractivity contribution in [2.24, 2.45) is 11.8 Å². The molecule has 1 heterocycles. The molecule has 0 aromatic heterocycles. The number of aliphatic hydroxyl groups is 1. The molecule has 0 saturated carbocycles. The van der Waals surface area contributed by atoms with Gasteiger partial charge in [0, 0.05) is 12.5 Å². The summed E-state index contributed by atoms with van der Waals surface area (Å²) in [6, 6.07) is 0. The highest BCUT2D eigenvalue weighted by Crippen LogP contribution is 2.24. The van der Waals surface area contributed by atoms with Gasteiger partial charge in [0.05, 0.1) is 17.4 Å². The molecule has 1 saturated heterocycles. The van der Waals surface area contributed by atoms with Crippen LogP contribution in [-0.2, 0) is 14.6 Å². The van der Waals surface area contributed by atoms with Gasteiger partial charge >= 0.3 is 5.97 Å². The lowest BCUT2D eigenvalue weighted by Gasteiger charge is -2.26. The summed E-state index contributed by atoms with van der Waals surface area (Å²) in [6.45, 7) is -0.379. The van der Waals surface area contributed by atoms with Gasteiger partial charge in [0.25, 0.3) is 0 Å². The maximum Gasteiger partial charge on any atom is 0.306 e. The molecule has 0 unspecified atom stereocenters. The average molecular weight is 208 g/mol. The summed E-state index contributed by atoms with van der Waals surface area (Å²) in [6.07, 6.45) is 0.114. The summed E-state index contributed by atoms with van der Waals surface area (Å²) < 4.78 is 22.2. The lowest BCUT2D eigenvalue weighted by molar-refractivity contribution is -0.144. The molecular weight excluding hydrogens is 196 g/mol. The molecule has 1 fully saturated rings. The van der Waals surface area contributed by atoms with Crippen LogP contribution in [0.4, 0.5) is 0 Å². The van der Waals surface area contributed by atoms with E-state index in [0.717, 1.165) is 0 Å². The van der Waals surface area contributed by atoms with Crippen LogP contribution in [0.1, 0.15) is 6.42 Å². The predicted octanol–water partition coefficient (Wildman–Crippen LogP) is -0.886. The summed E-state index contributed by atoms with van der Waals surface area (Å²) in [5.74, 6) is -2.67. The Morgan fingerprint density at radius 1 is 1.46 bits per heavy atom. The van der Waals surface area contributed by atoms with E-state index in [1.165, 1.54) is 0 Å². The zero-order valence-electron chi connectivity index (χ0n) is 7.01. The van der Waals surface area contributed by atoms with Gasteiger partial charge in [-0.1, -0.05) is 0 Å². The van der Waals surface area contributed by atoms with Crippen LogP contribution in [0.5, 0.6) is 0 Å². The van der Waals surface area contributed by atoms with Gasteiger partial charge in [-0.3, -0.25) is 4.79 Å². The van der Waals surface area contributed by atoms with Gasteiger partial charge in [-0.25, -0.2) is 8.42 Å². The molecule has 0 aromatic rings. The van der Waals surface area contributed by atoms with Gasteiger partial charge in [-0.05, 0) is 6.42 Å². The lowest BCUT2D eigenvalue weighted by atomic mass is 9.92. The Morgan fingerprint density at radius 3 is 2.54 bits per heavy atom. The van der Waals surface area contributed by atoms with E-state index in [1.807, 2.05) is 0 Å². The number of carboxylic acids is 1. The Balaban J connectivity index is 2.77. The molecule has 0 aromatic carbocycles. The van der Waals surface area contributed by atoms with Crippen molar-refractivity contribution in [3.8, 4) is 0 Å². The number of rotatable bonds is 2. The largest absolute Gasteiger partial charge is 0.481 e. The van der Waals surface area contributed by atoms with Gasteiger partial charge in [0.15, 0.2) is 9.84 Å². The van der Waals surface area contributed by atoms with Crippen molar-refractivity contribution in [3.05, 3.63) is 0 Å². The first-order valence-corrected chi connectivity index (χ1v) is 5.82. The van der Waals surface area contributed by atoms with Crippen molar-refractivity contribution >= 4 is 15.8 Å². The highest BCUT2D eigenvalue weighted by Gasteiger charge is 2.36. The zero-order valence-corrected chi connectivity index (χ0v) is 7.83. The molecule has 0 amide bonds. The van der Waals surface area contributed by atoms with E-state index >= 15 is 0 Å². The Hall–Kier alpha value is -0.620. The Labute approximate surface area is 76.3 Å². The molecule has 0 aliphatic carbocycles. The van der Waals surface area contributed by atoms with Gasteiger partial charge < -0.3 is 10.2 Å². The topological polar surface area (TPSA) is 91.7 Å². The van der Waals surface area contributed by atoms with E-state index in [9.17, 15) is 13.2 Å². The maximum absolute atomic E-state index is 11.1. The summed E-state index contributed by atoms with van der Waals surface area (Å²) in [5, 5.41) is 17.5. The minimum atomic E-state index is -3.13. The molecule has 5 nitrogen and oxygen atoms in total. The fraction of sp³-hybridized carbons (Fsp3) is 0.857. The lowest BCUT2D eigenvalue weighted by Crippen LogP contribution is -2.38. The Kier molecular flexibility index (Phi) is 2.92. The second-order valence-electron chi connectivity index (χ2n) is 3.29. The smallest absolute Gasteiger partial charge is 0.306 e. The van der Waals surface area contributed by atoms with Crippen LogP contribution in [0, 0.1) is 11.8 Å². The van der Waals surface area contributed by atoms with E-state index in [-0.39, 0.29) is 24.5 Å². The fourth-order valence-electron chi connectivity index (χ4n) is 1.57. The highest BCUT2D eigenvalue weighted by atomic mass is 32.2. The van der Waals surface area contributed by atoms with Gasteiger partial charge in [-0.15, -0.1) is 0 Å². The molecule has 1 aliphatic heterocycles. The van der Waals surface area contributed by atoms with Crippen molar-refractivity contribution < 1.29 is 23.4 Å². The predicted molar refractivity (Wildman–Crippen MR) is 45.0 cm³/mol. The number of hydrogen-bond acceptors (Lipinski definition) is 4. The van der Waals surface area contributed by atoms with Crippen LogP contribution in [0.2, 0.25) is 0 Å². The van der Waals surface area contributed by atoms with Crippen LogP contribution in [0.25, 0.3) is 0 Å². The summed E-state index contributed by atoms with van der Waals surface area (Å²) >= 11 is 0. The molecule has 6 heteroatoms.